The normalized spacial score (nSPS) is 22.4. The molecule has 6 rings (SSSR count). The first-order valence-electron chi connectivity index (χ1n) is 15.4. The van der Waals surface area contributed by atoms with Gasteiger partial charge in [-0.15, -0.1) is 0 Å². The summed E-state index contributed by atoms with van der Waals surface area (Å²) in [6.07, 6.45) is -4.81. The monoisotopic (exact) mass is 751 g/mol. The van der Waals surface area contributed by atoms with Crippen molar-refractivity contribution in [3.63, 3.8) is 0 Å². The van der Waals surface area contributed by atoms with E-state index in [1.165, 1.54) is 18.0 Å². The van der Waals surface area contributed by atoms with Crippen molar-refractivity contribution in [2.75, 3.05) is 32.0 Å². The fraction of sp³-hybridized carbons (Fsp3) is 0.400. The molecular formula is C30H35N5O14P2. The fourth-order valence-electron chi connectivity index (χ4n) is 5.86. The quantitative estimate of drug-likeness (QED) is 0.0793. The highest BCUT2D eigenvalue weighted by Gasteiger charge is 2.46. The van der Waals surface area contributed by atoms with Crippen LogP contribution in [0.25, 0.3) is 11.2 Å². The molecule has 4 aromatic rings. The van der Waals surface area contributed by atoms with Crippen molar-refractivity contribution >= 4 is 38.1 Å². The number of aliphatic hydroxyl groups is 2. The number of para-hydroxylation sites is 1. The number of imidazole rings is 1. The molecule has 0 saturated carbocycles. The van der Waals surface area contributed by atoms with Gasteiger partial charge in [-0.1, -0.05) is 18.2 Å². The van der Waals surface area contributed by atoms with Crippen LogP contribution < -0.4 is 15.2 Å². The Morgan fingerprint density at radius 2 is 1.80 bits per heavy atom. The largest absolute Gasteiger partial charge is 0.507 e. The molecule has 0 aliphatic carbocycles. The highest BCUT2D eigenvalue weighted by atomic mass is 31.2. The van der Waals surface area contributed by atoms with E-state index in [-0.39, 0.29) is 59.3 Å². The molecule has 2 unspecified atom stereocenters. The van der Waals surface area contributed by atoms with Crippen molar-refractivity contribution in [2.24, 2.45) is 0 Å². The number of benzene rings is 2. The standard InChI is InChI=1S/C30H35N5O14P2/c1-15-18-10-46-30(39)21(18)23(36)17(26(15)44-2)8-9-47-50(40,41)14-51(42,43)48-11-19-24(37)25(38)29(49-19)35-13-32-22-27(31)33-20(34-28(22)35)12-45-16-6-4-3-5-7-16/h3-7,13,19,24-25,29,36-38H,8-12,14H2,1-2H3,(H,40,41)(H,42,43)(H2,31,33,34)/t19-,24-,25-,29-/m1/s1. The first kappa shape index (κ1) is 36.6. The van der Waals surface area contributed by atoms with Crippen LogP contribution in [0.2, 0.25) is 0 Å². The lowest BCUT2D eigenvalue weighted by molar-refractivity contribution is -0.0484. The number of methoxy groups -OCH3 is 1. The molecule has 2 aromatic carbocycles. The number of hydrogen-bond acceptors (Lipinski definition) is 16. The number of aromatic hydroxyl groups is 1. The van der Waals surface area contributed by atoms with Crippen LogP contribution in [0.4, 0.5) is 5.82 Å². The molecule has 19 nitrogen and oxygen atoms in total. The van der Waals surface area contributed by atoms with E-state index in [9.17, 15) is 39.0 Å². The van der Waals surface area contributed by atoms with Crippen molar-refractivity contribution in [1.82, 2.24) is 19.5 Å². The van der Waals surface area contributed by atoms with Crippen LogP contribution in [0.3, 0.4) is 0 Å². The second kappa shape index (κ2) is 14.5. The van der Waals surface area contributed by atoms with Gasteiger partial charge in [-0.3, -0.25) is 13.7 Å². The van der Waals surface area contributed by atoms with Crippen molar-refractivity contribution in [1.29, 1.82) is 0 Å². The number of aliphatic hydroxyl groups excluding tert-OH is 2. The van der Waals surface area contributed by atoms with E-state index in [2.05, 4.69) is 15.0 Å². The van der Waals surface area contributed by atoms with E-state index in [1.807, 2.05) is 6.07 Å². The molecule has 274 valence electrons. The first-order valence-corrected chi connectivity index (χ1v) is 18.9. The Morgan fingerprint density at radius 1 is 1.08 bits per heavy atom. The number of ether oxygens (including phenoxy) is 4. The summed E-state index contributed by atoms with van der Waals surface area (Å²) in [5.41, 5.74) is 7.49. The summed E-state index contributed by atoms with van der Waals surface area (Å²) in [6.45, 7) is 0.284. The molecule has 0 bridgehead atoms. The van der Waals surface area contributed by atoms with E-state index in [0.717, 1.165) is 0 Å². The third-order valence-corrected chi connectivity index (χ3v) is 12.3. The molecule has 0 radical (unpaired) electrons. The maximum absolute atomic E-state index is 12.8. The summed E-state index contributed by atoms with van der Waals surface area (Å²) in [4.78, 5) is 45.7. The Morgan fingerprint density at radius 3 is 2.53 bits per heavy atom. The van der Waals surface area contributed by atoms with Gasteiger partial charge in [0.1, 0.15) is 59.9 Å². The van der Waals surface area contributed by atoms with Gasteiger partial charge in [-0.05, 0) is 24.6 Å². The number of hydrogen-bond donors (Lipinski definition) is 6. The first-order chi connectivity index (χ1) is 24.2. The van der Waals surface area contributed by atoms with E-state index >= 15 is 0 Å². The summed E-state index contributed by atoms with van der Waals surface area (Å²) >= 11 is 0. The minimum Gasteiger partial charge on any atom is -0.507 e. The number of aromatic nitrogens is 4. The minimum atomic E-state index is -4.86. The number of fused-ring (bicyclic) bond motifs is 2. The molecule has 1 fully saturated rings. The summed E-state index contributed by atoms with van der Waals surface area (Å²) in [5.74, 6) is -1.47. The number of nitrogen functional groups attached to an aromatic ring is 1. The van der Waals surface area contributed by atoms with Crippen LogP contribution in [0, 0.1) is 6.92 Å². The Kier molecular flexibility index (Phi) is 10.4. The van der Waals surface area contributed by atoms with Crippen LogP contribution in [-0.4, -0.2) is 95.1 Å². The number of carbonyl (C=O) groups excluding carboxylic acids is 1. The molecule has 0 spiro atoms. The maximum atomic E-state index is 12.8. The number of rotatable bonds is 14. The number of phenols is 1. The van der Waals surface area contributed by atoms with Crippen LogP contribution in [0.1, 0.15) is 39.1 Å². The summed E-state index contributed by atoms with van der Waals surface area (Å²) in [7, 11) is -8.30. The molecule has 0 amide bonds. The second-order valence-corrected chi connectivity index (χ2v) is 15.9. The number of nitrogens with zero attached hydrogens (tertiary/aromatic N) is 4. The maximum Gasteiger partial charge on any atom is 0.342 e. The van der Waals surface area contributed by atoms with Crippen molar-refractivity contribution in [2.45, 2.75) is 51.1 Å². The van der Waals surface area contributed by atoms with Crippen LogP contribution in [0.15, 0.2) is 36.7 Å². The lowest BCUT2D eigenvalue weighted by Gasteiger charge is -2.20. The van der Waals surface area contributed by atoms with E-state index in [4.69, 9.17) is 33.7 Å². The Balaban J connectivity index is 1.07. The molecule has 2 aliphatic heterocycles. The highest BCUT2D eigenvalue weighted by Crippen LogP contribution is 2.58. The molecule has 4 heterocycles. The van der Waals surface area contributed by atoms with Crippen molar-refractivity contribution < 1.29 is 67.0 Å². The van der Waals surface area contributed by atoms with Gasteiger partial charge in [-0.25, -0.2) is 19.7 Å². The molecule has 6 atom stereocenters. The number of phenolic OH excluding ortho intramolecular Hbond substituents is 1. The zero-order valence-electron chi connectivity index (χ0n) is 27.2. The third-order valence-electron chi connectivity index (χ3n) is 8.31. The number of carbonyl (C=O) groups is 1. The predicted molar refractivity (Wildman–Crippen MR) is 175 cm³/mol. The zero-order valence-corrected chi connectivity index (χ0v) is 29.0. The topological polar surface area (TPSA) is 277 Å². The fourth-order valence-corrected chi connectivity index (χ4v) is 9.07. The van der Waals surface area contributed by atoms with Gasteiger partial charge >= 0.3 is 21.2 Å². The molecule has 2 aromatic heterocycles. The number of cyclic esters (lactones) is 1. The molecular weight excluding hydrogens is 716 g/mol. The smallest absolute Gasteiger partial charge is 0.342 e. The van der Waals surface area contributed by atoms with Gasteiger partial charge in [0.15, 0.2) is 29.4 Å². The van der Waals surface area contributed by atoms with E-state index in [1.54, 1.807) is 31.2 Å². The summed E-state index contributed by atoms with van der Waals surface area (Å²) in [5, 5.41) is 32.3. The molecule has 51 heavy (non-hydrogen) atoms. The second-order valence-electron chi connectivity index (χ2n) is 11.7. The van der Waals surface area contributed by atoms with Crippen LogP contribution >= 0.6 is 15.2 Å². The predicted octanol–water partition coefficient (Wildman–Crippen LogP) is 1.90. The summed E-state index contributed by atoms with van der Waals surface area (Å²) in [6, 6.07) is 8.92. The molecule has 21 heteroatoms. The van der Waals surface area contributed by atoms with E-state index in [0.29, 0.717) is 16.9 Å². The number of nitrogens with two attached hydrogens (primary N) is 1. The van der Waals surface area contributed by atoms with E-state index < -0.39 is 70.6 Å². The SMILES string of the molecule is COc1c(C)c2c(c(O)c1CCOP(=O)(O)CP(=O)(O)OC[C@H]1O[C@@H](n3cnc4c(N)nc(COc5ccccc5)nc43)[C@H](O)[C@@H]1O)C(=O)OC2. The minimum absolute atomic E-state index is 0.0261. The Hall–Kier alpha value is -4.16. The average molecular weight is 752 g/mol. The number of anilines is 1. The van der Waals surface area contributed by atoms with Crippen LogP contribution in [0.5, 0.6) is 17.2 Å². The molecule has 2 aliphatic rings. The van der Waals surface area contributed by atoms with Gasteiger partial charge in [0, 0.05) is 17.5 Å². The summed E-state index contributed by atoms with van der Waals surface area (Å²) < 4.78 is 58.9. The van der Waals surface area contributed by atoms with Gasteiger partial charge in [0.2, 0.25) is 0 Å². The number of esters is 1. The Bertz CT molecular complexity index is 2050. The Labute approximate surface area is 289 Å². The van der Waals surface area contributed by atoms with Crippen molar-refractivity contribution in [3.8, 4) is 17.2 Å². The van der Waals surface area contributed by atoms with Gasteiger partial charge in [-0.2, -0.15) is 0 Å². The highest BCUT2D eigenvalue weighted by molar-refractivity contribution is 7.70. The molecule has 7 N–H and O–H groups in total. The third kappa shape index (κ3) is 7.58. The zero-order chi connectivity index (χ0) is 36.7. The van der Waals surface area contributed by atoms with Crippen LogP contribution in [-0.2, 0) is 47.3 Å². The van der Waals surface area contributed by atoms with Gasteiger partial charge < -0.3 is 58.8 Å². The lowest BCUT2D eigenvalue weighted by Crippen LogP contribution is -2.33. The van der Waals surface area contributed by atoms with Crippen molar-refractivity contribution in [3.05, 3.63) is 64.7 Å². The average Bonchev–Trinajstić information content (AvgIpc) is 3.77. The van der Waals surface area contributed by atoms with Gasteiger partial charge in [0.25, 0.3) is 0 Å². The lowest BCUT2D eigenvalue weighted by atomic mass is 9.95. The molecule has 1 saturated heterocycles. The van der Waals surface area contributed by atoms with Gasteiger partial charge in [0.05, 0.1) is 26.7 Å².